The Morgan fingerprint density at radius 1 is 1.31 bits per heavy atom. The highest BCUT2D eigenvalue weighted by atomic mass is 14.8. The zero-order chi connectivity index (χ0) is 8.93. The van der Waals surface area contributed by atoms with Crippen LogP contribution in [0.1, 0.15) is 37.8 Å². The Bertz CT molecular complexity index is 256. The standard InChI is InChI=1S/C11H16N2/c1-2-5-10(6-3-1)13-9-11-7-4-8-12-11/h4,7-10,12H,1-3,5-6H2. The second kappa shape index (κ2) is 4.26. The fourth-order valence-corrected chi connectivity index (χ4v) is 1.84. The van der Waals surface area contributed by atoms with Crippen LogP contribution in [0.2, 0.25) is 0 Å². The molecule has 0 unspecified atom stereocenters. The van der Waals surface area contributed by atoms with Crippen molar-refractivity contribution in [2.75, 3.05) is 0 Å². The van der Waals surface area contributed by atoms with Gasteiger partial charge in [-0.3, -0.25) is 4.99 Å². The molecule has 0 spiro atoms. The van der Waals surface area contributed by atoms with Crippen LogP contribution in [0.5, 0.6) is 0 Å². The molecule has 1 N–H and O–H groups in total. The molecule has 1 heterocycles. The van der Waals surface area contributed by atoms with Crippen LogP contribution in [0.4, 0.5) is 0 Å². The predicted octanol–water partition coefficient (Wildman–Crippen LogP) is 2.77. The van der Waals surface area contributed by atoms with Crippen LogP contribution in [0, 0.1) is 0 Å². The summed E-state index contributed by atoms with van der Waals surface area (Å²) in [7, 11) is 0. The molecular formula is C11H16N2. The molecular weight excluding hydrogens is 160 g/mol. The van der Waals surface area contributed by atoms with Gasteiger partial charge in [0.2, 0.25) is 0 Å². The SMILES string of the molecule is C(=NC1CCCCC1)c1ccc[nH]1. The first-order valence-electron chi connectivity index (χ1n) is 5.12. The number of rotatable bonds is 2. The van der Waals surface area contributed by atoms with E-state index in [1.165, 1.54) is 32.1 Å². The zero-order valence-corrected chi connectivity index (χ0v) is 7.87. The van der Waals surface area contributed by atoms with Crippen molar-refractivity contribution in [1.82, 2.24) is 4.98 Å². The van der Waals surface area contributed by atoms with E-state index in [-0.39, 0.29) is 0 Å². The van der Waals surface area contributed by atoms with Gasteiger partial charge < -0.3 is 4.98 Å². The molecule has 1 aliphatic rings. The number of hydrogen-bond acceptors (Lipinski definition) is 1. The van der Waals surface area contributed by atoms with Crippen LogP contribution >= 0.6 is 0 Å². The van der Waals surface area contributed by atoms with Crippen molar-refractivity contribution in [3.8, 4) is 0 Å². The van der Waals surface area contributed by atoms with E-state index in [9.17, 15) is 0 Å². The second-order valence-corrected chi connectivity index (χ2v) is 3.70. The summed E-state index contributed by atoms with van der Waals surface area (Å²) >= 11 is 0. The lowest BCUT2D eigenvalue weighted by molar-refractivity contribution is 0.444. The van der Waals surface area contributed by atoms with Gasteiger partial charge in [0.15, 0.2) is 0 Å². The first kappa shape index (κ1) is 8.54. The minimum atomic E-state index is 0.581. The topological polar surface area (TPSA) is 28.1 Å². The van der Waals surface area contributed by atoms with Crippen molar-refractivity contribution in [3.63, 3.8) is 0 Å². The Morgan fingerprint density at radius 2 is 2.15 bits per heavy atom. The molecule has 0 atom stereocenters. The van der Waals surface area contributed by atoms with Crippen molar-refractivity contribution in [2.24, 2.45) is 4.99 Å². The molecule has 0 saturated heterocycles. The van der Waals surface area contributed by atoms with Crippen LogP contribution in [-0.4, -0.2) is 17.2 Å². The molecule has 1 aromatic heterocycles. The van der Waals surface area contributed by atoms with E-state index in [1.807, 2.05) is 24.5 Å². The number of aliphatic imine (C=N–C) groups is 1. The van der Waals surface area contributed by atoms with E-state index < -0.39 is 0 Å². The number of aromatic nitrogens is 1. The lowest BCUT2D eigenvalue weighted by atomic mass is 9.96. The summed E-state index contributed by atoms with van der Waals surface area (Å²) < 4.78 is 0. The Hall–Kier alpha value is -1.05. The Kier molecular flexibility index (Phi) is 2.80. The van der Waals surface area contributed by atoms with Gasteiger partial charge in [0.1, 0.15) is 0 Å². The van der Waals surface area contributed by atoms with E-state index in [1.54, 1.807) is 0 Å². The van der Waals surface area contributed by atoms with Crippen LogP contribution in [0.25, 0.3) is 0 Å². The molecule has 2 nitrogen and oxygen atoms in total. The summed E-state index contributed by atoms with van der Waals surface area (Å²) in [4.78, 5) is 7.70. The predicted molar refractivity (Wildman–Crippen MR) is 55.3 cm³/mol. The highest BCUT2D eigenvalue weighted by Crippen LogP contribution is 2.19. The molecule has 1 aromatic rings. The molecule has 0 aromatic carbocycles. The van der Waals surface area contributed by atoms with Gasteiger partial charge in [0.25, 0.3) is 0 Å². The molecule has 1 aliphatic carbocycles. The number of aromatic amines is 1. The minimum absolute atomic E-state index is 0.581. The van der Waals surface area contributed by atoms with Crippen molar-refractivity contribution in [1.29, 1.82) is 0 Å². The Labute approximate surface area is 79.1 Å². The molecule has 1 fully saturated rings. The van der Waals surface area contributed by atoms with Gasteiger partial charge >= 0.3 is 0 Å². The van der Waals surface area contributed by atoms with E-state index in [0.29, 0.717) is 6.04 Å². The van der Waals surface area contributed by atoms with Crippen LogP contribution < -0.4 is 0 Å². The van der Waals surface area contributed by atoms with Crippen LogP contribution in [-0.2, 0) is 0 Å². The lowest BCUT2D eigenvalue weighted by Crippen LogP contribution is -2.09. The van der Waals surface area contributed by atoms with Crippen molar-refractivity contribution in [2.45, 2.75) is 38.1 Å². The molecule has 70 valence electrons. The molecule has 0 aliphatic heterocycles. The second-order valence-electron chi connectivity index (χ2n) is 3.70. The van der Waals surface area contributed by atoms with E-state index >= 15 is 0 Å². The maximum atomic E-state index is 4.57. The fraction of sp³-hybridized carbons (Fsp3) is 0.545. The first-order valence-corrected chi connectivity index (χ1v) is 5.12. The van der Waals surface area contributed by atoms with E-state index in [2.05, 4.69) is 9.98 Å². The summed E-state index contributed by atoms with van der Waals surface area (Å²) in [5.41, 5.74) is 1.12. The van der Waals surface area contributed by atoms with Crippen molar-refractivity contribution < 1.29 is 0 Å². The maximum Gasteiger partial charge on any atom is 0.0561 e. The van der Waals surface area contributed by atoms with Gasteiger partial charge in [-0.25, -0.2) is 0 Å². The largest absolute Gasteiger partial charge is 0.360 e. The normalized spacial score (nSPS) is 19.7. The summed E-state index contributed by atoms with van der Waals surface area (Å²) in [5.74, 6) is 0. The molecule has 13 heavy (non-hydrogen) atoms. The Balaban J connectivity index is 1.89. The summed E-state index contributed by atoms with van der Waals surface area (Å²) in [6.45, 7) is 0. The quantitative estimate of drug-likeness (QED) is 0.671. The number of H-pyrrole nitrogens is 1. The maximum absolute atomic E-state index is 4.57. The summed E-state index contributed by atoms with van der Waals surface area (Å²) in [6.07, 6.45) is 10.6. The molecule has 2 rings (SSSR count). The van der Waals surface area contributed by atoms with Gasteiger partial charge in [-0.2, -0.15) is 0 Å². The van der Waals surface area contributed by atoms with Gasteiger partial charge in [-0.05, 0) is 25.0 Å². The molecule has 0 amide bonds. The summed E-state index contributed by atoms with van der Waals surface area (Å²) in [5, 5.41) is 0. The molecule has 1 saturated carbocycles. The van der Waals surface area contributed by atoms with Gasteiger partial charge in [-0.1, -0.05) is 19.3 Å². The van der Waals surface area contributed by atoms with Crippen molar-refractivity contribution in [3.05, 3.63) is 24.0 Å². The number of hydrogen-bond donors (Lipinski definition) is 1. The zero-order valence-electron chi connectivity index (χ0n) is 7.87. The van der Waals surface area contributed by atoms with Crippen LogP contribution in [0.15, 0.2) is 23.3 Å². The first-order chi connectivity index (χ1) is 6.45. The number of nitrogens with zero attached hydrogens (tertiary/aromatic N) is 1. The molecule has 0 radical (unpaired) electrons. The van der Waals surface area contributed by atoms with Gasteiger partial charge in [0, 0.05) is 12.4 Å². The smallest absolute Gasteiger partial charge is 0.0561 e. The minimum Gasteiger partial charge on any atom is -0.360 e. The molecule has 2 heteroatoms. The number of nitrogens with one attached hydrogen (secondary N) is 1. The molecule has 0 bridgehead atoms. The van der Waals surface area contributed by atoms with E-state index in [4.69, 9.17) is 0 Å². The Morgan fingerprint density at radius 3 is 2.85 bits per heavy atom. The average Bonchev–Trinajstić information content (AvgIpc) is 2.69. The monoisotopic (exact) mass is 176 g/mol. The average molecular weight is 176 g/mol. The van der Waals surface area contributed by atoms with Gasteiger partial charge in [0.05, 0.1) is 11.7 Å². The van der Waals surface area contributed by atoms with Crippen molar-refractivity contribution >= 4 is 6.21 Å². The third-order valence-electron chi connectivity index (χ3n) is 2.62. The lowest BCUT2D eigenvalue weighted by Gasteiger charge is -2.16. The fourth-order valence-electron chi connectivity index (χ4n) is 1.84. The highest BCUT2D eigenvalue weighted by Gasteiger charge is 2.10. The van der Waals surface area contributed by atoms with Crippen LogP contribution in [0.3, 0.4) is 0 Å². The van der Waals surface area contributed by atoms with Gasteiger partial charge in [-0.15, -0.1) is 0 Å². The highest BCUT2D eigenvalue weighted by molar-refractivity contribution is 5.77. The third-order valence-corrected chi connectivity index (χ3v) is 2.62. The van der Waals surface area contributed by atoms with E-state index in [0.717, 1.165) is 5.69 Å². The summed E-state index contributed by atoms with van der Waals surface area (Å²) in [6, 6.07) is 4.63. The third kappa shape index (κ3) is 2.44.